The van der Waals surface area contributed by atoms with Crippen molar-refractivity contribution in [3.63, 3.8) is 0 Å². The Morgan fingerprint density at radius 2 is 2.00 bits per heavy atom. The lowest BCUT2D eigenvalue weighted by molar-refractivity contribution is 0.877. The van der Waals surface area contributed by atoms with Crippen LogP contribution in [0, 0.1) is 6.07 Å². The summed E-state index contributed by atoms with van der Waals surface area (Å²) in [5.74, 6) is 0. The predicted molar refractivity (Wildman–Crippen MR) is 78.4 cm³/mol. The zero-order valence-electron chi connectivity index (χ0n) is 11.2. The lowest BCUT2D eigenvalue weighted by Crippen LogP contribution is -2.20. The molecule has 1 aliphatic heterocycles. The monoisotopic (exact) mass is 251 g/mol. The lowest BCUT2D eigenvalue weighted by atomic mass is 10.1. The van der Waals surface area contributed by atoms with Crippen LogP contribution in [0.5, 0.6) is 0 Å². The molecule has 1 radical (unpaired) electrons. The highest BCUT2D eigenvalue weighted by atomic mass is 15.1. The fourth-order valence-corrected chi connectivity index (χ4v) is 2.72. The molecule has 0 N–H and O–H groups in total. The van der Waals surface area contributed by atoms with E-state index in [0.717, 1.165) is 12.8 Å². The number of nitrogens with zero attached hydrogens (tertiary/aromatic N) is 2. The SMILES string of the molecule is [c]1cccc(CCc2ncccc2N2CCCC2)c1. The van der Waals surface area contributed by atoms with Crippen molar-refractivity contribution in [3.05, 3.63) is 59.9 Å². The number of anilines is 1. The second-order valence-corrected chi connectivity index (χ2v) is 5.08. The van der Waals surface area contributed by atoms with E-state index < -0.39 is 0 Å². The summed E-state index contributed by atoms with van der Waals surface area (Å²) in [6.45, 7) is 2.36. The highest BCUT2D eigenvalue weighted by molar-refractivity contribution is 5.51. The Bertz CT molecular complexity index is 516. The van der Waals surface area contributed by atoms with Crippen molar-refractivity contribution >= 4 is 5.69 Å². The van der Waals surface area contributed by atoms with Gasteiger partial charge >= 0.3 is 0 Å². The molecule has 0 aliphatic carbocycles. The summed E-state index contributed by atoms with van der Waals surface area (Å²) in [6, 6.07) is 15.6. The third kappa shape index (κ3) is 2.95. The van der Waals surface area contributed by atoms with Crippen LogP contribution >= 0.6 is 0 Å². The maximum absolute atomic E-state index is 4.59. The quantitative estimate of drug-likeness (QED) is 0.829. The predicted octanol–water partition coefficient (Wildman–Crippen LogP) is 3.27. The number of aryl methyl sites for hydroxylation is 2. The fourth-order valence-electron chi connectivity index (χ4n) is 2.72. The Morgan fingerprint density at radius 1 is 1.11 bits per heavy atom. The van der Waals surface area contributed by atoms with E-state index in [4.69, 9.17) is 0 Å². The van der Waals surface area contributed by atoms with E-state index in [1.165, 1.54) is 42.9 Å². The molecule has 2 aromatic rings. The molecular weight excluding hydrogens is 232 g/mol. The Balaban J connectivity index is 1.73. The van der Waals surface area contributed by atoms with Gasteiger partial charge in [0.05, 0.1) is 11.4 Å². The zero-order valence-corrected chi connectivity index (χ0v) is 11.2. The highest BCUT2D eigenvalue weighted by Gasteiger charge is 2.15. The van der Waals surface area contributed by atoms with Crippen LogP contribution in [0.2, 0.25) is 0 Å². The number of hydrogen-bond donors (Lipinski definition) is 0. The molecule has 3 rings (SSSR count). The molecule has 0 atom stereocenters. The van der Waals surface area contributed by atoms with Crippen molar-refractivity contribution in [2.75, 3.05) is 18.0 Å². The minimum Gasteiger partial charge on any atom is -0.370 e. The first kappa shape index (κ1) is 12.2. The normalized spacial score (nSPS) is 14.8. The number of aromatic nitrogens is 1. The van der Waals surface area contributed by atoms with Gasteiger partial charge < -0.3 is 4.90 Å². The molecule has 1 saturated heterocycles. The van der Waals surface area contributed by atoms with Gasteiger partial charge in [-0.2, -0.15) is 0 Å². The molecule has 0 spiro atoms. The van der Waals surface area contributed by atoms with E-state index in [1.807, 2.05) is 18.3 Å². The molecule has 1 aromatic heterocycles. The molecule has 0 amide bonds. The summed E-state index contributed by atoms with van der Waals surface area (Å²) in [4.78, 5) is 7.06. The highest BCUT2D eigenvalue weighted by Crippen LogP contribution is 2.23. The van der Waals surface area contributed by atoms with Crippen molar-refractivity contribution in [2.45, 2.75) is 25.7 Å². The minimum atomic E-state index is 1.00. The lowest BCUT2D eigenvalue weighted by Gasteiger charge is -2.20. The Morgan fingerprint density at radius 3 is 2.79 bits per heavy atom. The fraction of sp³-hybridized carbons (Fsp3) is 0.353. The van der Waals surface area contributed by atoms with Gasteiger partial charge in [0.2, 0.25) is 0 Å². The molecule has 19 heavy (non-hydrogen) atoms. The summed E-state index contributed by atoms with van der Waals surface area (Å²) < 4.78 is 0. The molecule has 97 valence electrons. The molecule has 2 heteroatoms. The summed E-state index contributed by atoms with van der Waals surface area (Å²) >= 11 is 0. The number of rotatable bonds is 4. The molecule has 0 saturated carbocycles. The first-order valence-corrected chi connectivity index (χ1v) is 7.07. The summed E-state index contributed by atoms with van der Waals surface area (Å²) in [6.07, 6.45) is 6.57. The van der Waals surface area contributed by atoms with E-state index in [0.29, 0.717) is 0 Å². The summed E-state index contributed by atoms with van der Waals surface area (Å²) in [5, 5.41) is 0. The van der Waals surface area contributed by atoms with Gasteiger partial charge in [0.1, 0.15) is 0 Å². The molecule has 1 aromatic carbocycles. The molecule has 0 unspecified atom stereocenters. The Kier molecular flexibility index (Phi) is 3.78. The third-order valence-electron chi connectivity index (χ3n) is 3.73. The average Bonchev–Trinajstić information content (AvgIpc) is 3.01. The van der Waals surface area contributed by atoms with E-state index in [-0.39, 0.29) is 0 Å². The molecule has 1 aliphatic rings. The van der Waals surface area contributed by atoms with Gasteiger partial charge in [-0.25, -0.2) is 0 Å². The van der Waals surface area contributed by atoms with Crippen LogP contribution in [0.25, 0.3) is 0 Å². The van der Waals surface area contributed by atoms with Gasteiger partial charge in [0.15, 0.2) is 0 Å². The number of benzene rings is 1. The van der Waals surface area contributed by atoms with E-state index >= 15 is 0 Å². The second-order valence-electron chi connectivity index (χ2n) is 5.08. The number of hydrogen-bond acceptors (Lipinski definition) is 2. The standard InChI is InChI=1S/C17H19N2/c1-2-7-15(8-3-1)10-11-16-17(9-6-12-18-16)19-13-4-5-14-19/h1-2,6-9,12H,4-5,10-11,13-14H2. The van der Waals surface area contributed by atoms with Gasteiger partial charge in [0, 0.05) is 19.3 Å². The third-order valence-corrected chi connectivity index (χ3v) is 3.73. The van der Waals surface area contributed by atoms with E-state index in [2.05, 4.69) is 40.2 Å². The molecule has 2 heterocycles. The second kappa shape index (κ2) is 5.87. The van der Waals surface area contributed by atoms with E-state index in [9.17, 15) is 0 Å². The molecule has 1 fully saturated rings. The average molecular weight is 251 g/mol. The Labute approximate surface area is 115 Å². The van der Waals surface area contributed by atoms with Crippen LogP contribution in [-0.2, 0) is 12.8 Å². The van der Waals surface area contributed by atoms with Crippen molar-refractivity contribution in [2.24, 2.45) is 0 Å². The zero-order chi connectivity index (χ0) is 12.9. The first-order valence-electron chi connectivity index (χ1n) is 7.07. The van der Waals surface area contributed by atoms with Crippen LogP contribution < -0.4 is 4.90 Å². The van der Waals surface area contributed by atoms with Crippen molar-refractivity contribution in [1.29, 1.82) is 0 Å². The largest absolute Gasteiger partial charge is 0.370 e. The van der Waals surface area contributed by atoms with Crippen LogP contribution in [0.15, 0.2) is 42.6 Å². The van der Waals surface area contributed by atoms with E-state index in [1.54, 1.807) is 0 Å². The first-order chi connectivity index (χ1) is 9.43. The van der Waals surface area contributed by atoms with Crippen molar-refractivity contribution in [3.8, 4) is 0 Å². The molecule has 0 bridgehead atoms. The van der Waals surface area contributed by atoms with Crippen LogP contribution in [0.4, 0.5) is 5.69 Å². The minimum absolute atomic E-state index is 1.00. The molecular formula is C17H19N2. The van der Waals surface area contributed by atoms with Gasteiger partial charge in [0.25, 0.3) is 0 Å². The van der Waals surface area contributed by atoms with Crippen molar-refractivity contribution in [1.82, 2.24) is 4.98 Å². The topological polar surface area (TPSA) is 16.1 Å². The van der Waals surface area contributed by atoms with Crippen LogP contribution in [0.3, 0.4) is 0 Å². The van der Waals surface area contributed by atoms with Crippen LogP contribution in [-0.4, -0.2) is 18.1 Å². The maximum atomic E-state index is 4.59. The van der Waals surface area contributed by atoms with Gasteiger partial charge in [-0.3, -0.25) is 4.98 Å². The van der Waals surface area contributed by atoms with Gasteiger partial charge in [-0.15, -0.1) is 0 Å². The van der Waals surface area contributed by atoms with Gasteiger partial charge in [-0.05, 0) is 49.4 Å². The summed E-state index contributed by atoms with van der Waals surface area (Å²) in [5.41, 5.74) is 3.90. The molecule has 2 nitrogen and oxygen atoms in total. The van der Waals surface area contributed by atoms with Crippen LogP contribution in [0.1, 0.15) is 24.1 Å². The summed E-state index contributed by atoms with van der Waals surface area (Å²) in [7, 11) is 0. The van der Waals surface area contributed by atoms with Gasteiger partial charge in [-0.1, -0.05) is 24.3 Å². The number of pyridine rings is 1. The van der Waals surface area contributed by atoms with Crippen molar-refractivity contribution < 1.29 is 0 Å². The Hall–Kier alpha value is -1.83. The smallest absolute Gasteiger partial charge is 0.0639 e. The maximum Gasteiger partial charge on any atom is 0.0639 e.